The minimum atomic E-state index is -3.64. The third-order valence-electron chi connectivity index (χ3n) is 3.60. The number of sulfonamides is 1. The first kappa shape index (κ1) is 15.6. The van der Waals surface area contributed by atoms with Crippen molar-refractivity contribution in [3.05, 3.63) is 65.7 Å². The van der Waals surface area contributed by atoms with Crippen LogP contribution in [-0.2, 0) is 16.4 Å². The molecule has 120 valence electrons. The molecule has 5 nitrogen and oxygen atoms in total. The third kappa shape index (κ3) is 3.38. The van der Waals surface area contributed by atoms with Crippen molar-refractivity contribution >= 4 is 15.7 Å². The molecule has 0 aromatic heterocycles. The maximum absolute atomic E-state index is 12.3. The van der Waals surface area contributed by atoms with Crippen molar-refractivity contribution in [2.24, 2.45) is 0 Å². The molecule has 2 aromatic carbocycles. The molecule has 0 unspecified atom stereocenters. The number of benzene rings is 2. The summed E-state index contributed by atoms with van der Waals surface area (Å²) >= 11 is 0. The Labute approximate surface area is 136 Å². The van der Waals surface area contributed by atoms with Crippen LogP contribution in [0.15, 0.2) is 59.5 Å². The zero-order valence-corrected chi connectivity index (χ0v) is 13.6. The fourth-order valence-electron chi connectivity index (χ4n) is 2.46. The minimum absolute atomic E-state index is 0.181. The van der Waals surface area contributed by atoms with Crippen LogP contribution >= 0.6 is 0 Å². The Balaban J connectivity index is 1.70. The average molecular weight is 330 g/mol. The molecular formula is C17H18N2O3S. The number of hydrogen-bond donors (Lipinski definition) is 2. The van der Waals surface area contributed by atoms with Crippen LogP contribution in [0.4, 0.5) is 0 Å². The van der Waals surface area contributed by atoms with Crippen molar-refractivity contribution in [3.8, 4) is 5.75 Å². The Morgan fingerprint density at radius 1 is 1.09 bits per heavy atom. The SMILES string of the molecule is CCOc1ccc(S(=O)(=O)NNC2=CCc3ccccc32)cc1. The molecule has 6 heteroatoms. The highest BCUT2D eigenvalue weighted by molar-refractivity contribution is 7.89. The summed E-state index contributed by atoms with van der Waals surface area (Å²) in [6.45, 7) is 2.42. The first-order valence-electron chi connectivity index (χ1n) is 7.39. The van der Waals surface area contributed by atoms with Crippen LogP contribution in [0.2, 0.25) is 0 Å². The van der Waals surface area contributed by atoms with Crippen LogP contribution in [0.5, 0.6) is 5.75 Å². The number of ether oxygens (including phenoxy) is 1. The first-order chi connectivity index (χ1) is 11.1. The highest BCUT2D eigenvalue weighted by Crippen LogP contribution is 2.24. The van der Waals surface area contributed by atoms with Crippen LogP contribution in [-0.4, -0.2) is 15.0 Å². The lowest BCUT2D eigenvalue weighted by atomic mass is 10.1. The van der Waals surface area contributed by atoms with E-state index in [9.17, 15) is 8.42 Å². The summed E-state index contributed by atoms with van der Waals surface area (Å²) in [7, 11) is -3.64. The summed E-state index contributed by atoms with van der Waals surface area (Å²) in [6, 6.07) is 14.2. The van der Waals surface area contributed by atoms with Crippen molar-refractivity contribution in [1.29, 1.82) is 0 Å². The maximum Gasteiger partial charge on any atom is 0.257 e. The quantitative estimate of drug-likeness (QED) is 0.799. The van der Waals surface area contributed by atoms with Crippen molar-refractivity contribution in [2.45, 2.75) is 18.2 Å². The number of allylic oxidation sites excluding steroid dienone is 1. The molecule has 23 heavy (non-hydrogen) atoms. The van der Waals surface area contributed by atoms with E-state index in [1.54, 1.807) is 12.1 Å². The zero-order valence-electron chi connectivity index (χ0n) is 12.7. The van der Waals surface area contributed by atoms with E-state index < -0.39 is 10.0 Å². The largest absolute Gasteiger partial charge is 0.494 e. The third-order valence-corrected chi connectivity index (χ3v) is 4.86. The van der Waals surface area contributed by atoms with Crippen LogP contribution < -0.4 is 15.0 Å². The van der Waals surface area contributed by atoms with Gasteiger partial charge in [-0.05, 0) is 43.2 Å². The van der Waals surface area contributed by atoms with E-state index in [0.717, 1.165) is 17.7 Å². The predicted octanol–water partition coefficient (Wildman–Crippen LogP) is 2.47. The molecule has 0 saturated carbocycles. The molecule has 3 rings (SSSR count). The van der Waals surface area contributed by atoms with Gasteiger partial charge in [0, 0.05) is 5.56 Å². The normalized spacial score (nSPS) is 13.3. The summed E-state index contributed by atoms with van der Waals surface area (Å²) in [4.78, 5) is 2.60. The van der Waals surface area contributed by atoms with Crippen molar-refractivity contribution in [3.63, 3.8) is 0 Å². The van der Waals surface area contributed by atoms with Gasteiger partial charge in [0.05, 0.1) is 17.2 Å². The van der Waals surface area contributed by atoms with Gasteiger partial charge in [-0.3, -0.25) is 0 Å². The van der Waals surface area contributed by atoms with E-state index in [-0.39, 0.29) is 4.90 Å². The van der Waals surface area contributed by atoms with Gasteiger partial charge in [-0.25, -0.2) is 8.42 Å². The summed E-state index contributed by atoms with van der Waals surface area (Å²) in [5.74, 6) is 0.645. The lowest BCUT2D eigenvalue weighted by Crippen LogP contribution is -2.35. The Morgan fingerprint density at radius 3 is 2.57 bits per heavy atom. The van der Waals surface area contributed by atoms with E-state index in [1.807, 2.05) is 37.3 Å². The highest BCUT2D eigenvalue weighted by atomic mass is 32.2. The molecule has 2 N–H and O–H groups in total. The van der Waals surface area contributed by atoms with Crippen molar-refractivity contribution < 1.29 is 13.2 Å². The molecule has 0 saturated heterocycles. The van der Waals surface area contributed by atoms with E-state index in [0.29, 0.717) is 12.4 Å². The Kier molecular flexibility index (Phi) is 4.36. The number of fused-ring (bicyclic) bond motifs is 1. The Bertz CT molecular complexity index is 827. The molecule has 0 radical (unpaired) electrons. The molecule has 2 aromatic rings. The lowest BCUT2D eigenvalue weighted by molar-refractivity contribution is 0.340. The number of rotatable bonds is 6. The highest BCUT2D eigenvalue weighted by Gasteiger charge is 2.17. The summed E-state index contributed by atoms with van der Waals surface area (Å²) in [6.07, 6.45) is 2.76. The topological polar surface area (TPSA) is 67.4 Å². The van der Waals surface area contributed by atoms with Gasteiger partial charge in [0.2, 0.25) is 0 Å². The molecule has 0 aliphatic heterocycles. The molecule has 0 heterocycles. The fourth-order valence-corrected chi connectivity index (χ4v) is 3.32. The second kappa shape index (κ2) is 6.44. The fraction of sp³-hybridized carbons (Fsp3) is 0.176. The molecular weight excluding hydrogens is 312 g/mol. The van der Waals surface area contributed by atoms with Crippen LogP contribution in [0.25, 0.3) is 5.70 Å². The Hall–Kier alpha value is -2.31. The van der Waals surface area contributed by atoms with E-state index >= 15 is 0 Å². The second-order valence-electron chi connectivity index (χ2n) is 5.11. The van der Waals surface area contributed by atoms with E-state index in [4.69, 9.17) is 4.74 Å². The van der Waals surface area contributed by atoms with Gasteiger partial charge in [0.25, 0.3) is 10.0 Å². The smallest absolute Gasteiger partial charge is 0.257 e. The van der Waals surface area contributed by atoms with Crippen LogP contribution in [0.3, 0.4) is 0 Å². The summed E-state index contributed by atoms with van der Waals surface area (Å²) in [5, 5.41) is 0. The standard InChI is InChI=1S/C17H18N2O3S/c1-2-22-14-8-10-15(11-9-14)23(20,21)19-18-17-12-7-13-5-3-4-6-16(13)17/h3-6,8-12,18-19H,2,7H2,1H3. The van der Waals surface area contributed by atoms with Gasteiger partial charge in [-0.15, -0.1) is 4.83 Å². The van der Waals surface area contributed by atoms with Crippen LogP contribution in [0, 0.1) is 0 Å². The van der Waals surface area contributed by atoms with Gasteiger partial charge in [0.1, 0.15) is 5.75 Å². The van der Waals surface area contributed by atoms with Crippen LogP contribution in [0.1, 0.15) is 18.1 Å². The van der Waals surface area contributed by atoms with Gasteiger partial charge >= 0.3 is 0 Å². The molecule has 1 aliphatic carbocycles. The monoisotopic (exact) mass is 330 g/mol. The van der Waals surface area contributed by atoms with Gasteiger partial charge in [-0.2, -0.15) is 0 Å². The van der Waals surface area contributed by atoms with Crippen molar-refractivity contribution in [2.75, 3.05) is 6.61 Å². The number of nitrogens with one attached hydrogen (secondary N) is 2. The average Bonchev–Trinajstić information content (AvgIpc) is 2.97. The minimum Gasteiger partial charge on any atom is -0.494 e. The van der Waals surface area contributed by atoms with E-state index in [2.05, 4.69) is 10.3 Å². The predicted molar refractivity (Wildman–Crippen MR) is 89.2 cm³/mol. The van der Waals surface area contributed by atoms with Crippen molar-refractivity contribution in [1.82, 2.24) is 10.3 Å². The Morgan fingerprint density at radius 2 is 1.83 bits per heavy atom. The molecule has 0 bridgehead atoms. The second-order valence-corrected chi connectivity index (χ2v) is 6.80. The van der Waals surface area contributed by atoms with Gasteiger partial charge in [0.15, 0.2) is 0 Å². The molecule has 1 aliphatic rings. The zero-order chi connectivity index (χ0) is 16.3. The molecule has 0 amide bonds. The number of hydrogen-bond acceptors (Lipinski definition) is 4. The maximum atomic E-state index is 12.3. The van der Waals surface area contributed by atoms with Gasteiger partial charge < -0.3 is 10.2 Å². The number of hydrazine groups is 1. The lowest BCUT2D eigenvalue weighted by Gasteiger charge is -2.12. The summed E-state index contributed by atoms with van der Waals surface area (Å²) < 4.78 is 30.0. The molecule has 0 fully saturated rings. The van der Waals surface area contributed by atoms with E-state index in [1.165, 1.54) is 17.7 Å². The first-order valence-corrected chi connectivity index (χ1v) is 8.87. The molecule has 0 spiro atoms. The summed E-state index contributed by atoms with van der Waals surface area (Å²) in [5.41, 5.74) is 5.77. The molecule has 0 atom stereocenters. The van der Waals surface area contributed by atoms with Gasteiger partial charge in [-0.1, -0.05) is 30.3 Å².